The highest BCUT2D eigenvalue weighted by Crippen LogP contribution is 2.27. The summed E-state index contributed by atoms with van der Waals surface area (Å²) in [7, 11) is 3.21. The van der Waals surface area contributed by atoms with Crippen LogP contribution < -0.4 is 0 Å². The molecule has 0 amide bonds. The molecule has 116 valence electrons. The van der Waals surface area contributed by atoms with Crippen LogP contribution >= 0.6 is 15.9 Å². The van der Waals surface area contributed by atoms with E-state index in [-0.39, 0.29) is 12.0 Å². The lowest BCUT2D eigenvalue weighted by molar-refractivity contribution is -0.148. The summed E-state index contributed by atoms with van der Waals surface area (Å²) >= 11 is 3.49. The van der Waals surface area contributed by atoms with Crippen molar-refractivity contribution in [2.24, 2.45) is 7.05 Å². The Morgan fingerprint density at radius 1 is 1.45 bits per heavy atom. The Bertz CT molecular complexity index is 702. The van der Waals surface area contributed by atoms with Crippen LogP contribution in [0.2, 0.25) is 0 Å². The summed E-state index contributed by atoms with van der Waals surface area (Å²) in [6.45, 7) is 1.15. The van der Waals surface area contributed by atoms with Crippen LogP contribution in [-0.4, -0.2) is 44.2 Å². The van der Waals surface area contributed by atoms with Gasteiger partial charge in [-0.1, -0.05) is 22.0 Å². The zero-order chi connectivity index (χ0) is 15.7. The summed E-state index contributed by atoms with van der Waals surface area (Å²) in [5.74, 6) is 0.482. The van der Waals surface area contributed by atoms with Crippen molar-refractivity contribution in [3.8, 4) is 0 Å². The third-order valence-corrected chi connectivity index (χ3v) is 4.41. The number of carbonyl (C=O) groups excluding carboxylic acids is 1. The van der Waals surface area contributed by atoms with Crippen LogP contribution in [0.15, 0.2) is 22.7 Å². The number of tetrazole rings is 1. The summed E-state index contributed by atoms with van der Waals surface area (Å²) in [5, 5.41) is 11.5. The van der Waals surface area contributed by atoms with Gasteiger partial charge in [-0.15, -0.1) is 5.10 Å². The van der Waals surface area contributed by atoms with Crippen LogP contribution in [-0.2, 0) is 36.1 Å². The number of nitrogens with zero attached hydrogens (tertiary/aromatic N) is 5. The van der Waals surface area contributed by atoms with Crippen LogP contribution in [0.3, 0.4) is 0 Å². The number of aryl methyl sites for hydroxylation is 1. The van der Waals surface area contributed by atoms with Gasteiger partial charge in [-0.2, -0.15) is 0 Å². The number of benzene rings is 1. The van der Waals surface area contributed by atoms with E-state index in [2.05, 4.69) is 43.6 Å². The first-order chi connectivity index (χ1) is 10.6. The highest BCUT2D eigenvalue weighted by Gasteiger charge is 2.33. The molecule has 0 saturated heterocycles. The topological polar surface area (TPSA) is 73.1 Å². The number of methoxy groups -OCH3 is 1. The van der Waals surface area contributed by atoms with Gasteiger partial charge in [0.2, 0.25) is 0 Å². The molecule has 1 aromatic carbocycles. The fraction of sp³-hybridized carbons (Fsp3) is 0.429. The molecule has 0 spiro atoms. The van der Waals surface area contributed by atoms with Crippen LogP contribution in [0, 0.1) is 0 Å². The van der Waals surface area contributed by atoms with Gasteiger partial charge in [-0.3, -0.25) is 9.69 Å². The number of carbonyl (C=O) groups is 1. The van der Waals surface area contributed by atoms with E-state index in [1.165, 1.54) is 18.2 Å². The molecule has 0 saturated carbocycles. The zero-order valence-corrected chi connectivity index (χ0v) is 13.9. The monoisotopic (exact) mass is 365 g/mol. The second-order valence-electron chi connectivity index (χ2n) is 5.28. The largest absolute Gasteiger partial charge is 0.468 e. The fourth-order valence-corrected chi connectivity index (χ4v) is 3.11. The van der Waals surface area contributed by atoms with E-state index in [1.807, 2.05) is 11.0 Å². The molecule has 0 radical (unpaired) electrons. The number of fused-ring (bicyclic) bond motifs is 1. The molecule has 0 aliphatic carbocycles. The van der Waals surface area contributed by atoms with Crippen LogP contribution in [0.4, 0.5) is 0 Å². The highest BCUT2D eigenvalue weighted by atomic mass is 79.9. The van der Waals surface area contributed by atoms with E-state index in [9.17, 15) is 4.79 Å². The second-order valence-corrected chi connectivity index (χ2v) is 6.20. The maximum Gasteiger partial charge on any atom is 0.323 e. The first-order valence-electron chi connectivity index (χ1n) is 6.89. The number of esters is 1. The number of aromatic nitrogens is 4. The summed E-state index contributed by atoms with van der Waals surface area (Å²) in [4.78, 5) is 14.2. The second kappa shape index (κ2) is 6.13. The van der Waals surface area contributed by atoms with E-state index >= 15 is 0 Å². The molecule has 1 aliphatic rings. The van der Waals surface area contributed by atoms with Gasteiger partial charge in [-0.05, 0) is 40.1 Å². The Kier molecular flexibility index (Phi) is 4.21. The van der Waals surface area contributed by atoms with Crippen molar-refractivity contribution >= 4 is 21.9 Å². The fourth-order valence-electron chi connectivity index (χ4n) is 2.71. The third-order valence-electron chi connectivity index (χ3n) is 3.92. The summed E-state index contributed by atoms with van der Waals surface area (Å²) in [6.07, 6.45) is 0.626. The molecule has 2 aromatic rings. The summed E-state index contributed by atoms with van der Waals surface area (Å²) in [6, 6.07) is 5.81. The van der Waals surface area contributed by atoms with Gasteiger partial charge in [0.15, 0.2) is 5.82 Å². The first-order valence-corrected chi connectivity index (χ1v) is 7.68. The average molecular weight is 366 g/mol. The quantitative estimate of drug-likeness (QED) is 0.757. The van der Waals surface area contributed by atoms with Crippen LogP contribution in [0.5, 0.6) is 0 Å². The summed E-state index contributed by atoms with van der Waals surface area (Å²) in [5.41, 5.74) is 2.37. The number of hydrogen-bond donors (Lipinski definition) is 0. The zero-order valence-electron chi connectivity index (χ0n) is 12.4. The van der Waals surface area contributed by atoms with Crippen LogP contribution in [0.1, 0.15) is 17.0 Å². The molecule has 8 heteroatoms. The van der Waals surface area contributed by atoms with E-state index in [1.54, 1.807) is 11.7 Å². The van der Waals surface area contributed by atoms with Gasteiger partial charge in [0, 0.05) is 18.1 Å². The Morgan fingerprint density at radius 2 is 2.27 bits per heavy atom. The van der Waals surface area contributed by atoms with Crippen molar-refractivity contribution in [3.63, 3.8) is 0 Å². The standard InChI is InChI=1S/C14H16BrN5O2/c1-19-13(16-17-18-19)8-20-7-10-5-11(15)4-3-9(10)6-12(20)14(21)22-2/h3-5,12H,6-8H2,1-2H3. The number of rotatable bonds is 3. The molecule has 0 fully saturated rings. The van der Waals surface area contributed by atoms with Gasteiger partial charge in [0.25, 0.3) is 0 Å². The average Bonchev–Trinajstić information content (AvgIpc) is 2.91. The predicted molar refractivity (Wildman–Crippen MR) is 81.7 cm³/mol. The third kappa shape index (κ3) is 2.89. The van der Waals surface area contributed by atoms with Crippen molar-refractivity contribution in [1.29, 1.82) is 0 Å². The van der Waals surface area contributed by atoms with Gasteiger partial charge >= 0.3 is 5.97 Å². The molecular weight excluding hydrogens is 350 g/mol. The molecule has 7 nitrogen and oxygen atoms in total. The van der Waals surface area contributed by atoms with Crippen molar-refractivity contribution < 1.29 is 9.53 Å². The predicted octanol–water partition coefficient (Wildman–Crippen LogP) is 1.07. The van der Waals surface area contributed by atoms with Crippen molar-refractivity contribution in [3.05, 3.63) is 39.6 Å². The molecule has 1 atom stereocenters. The van der Waals surface area contributed by atoms with Gasteiger partial charge in [0.1, 0.15) is 6.04 Å². The Hall–Kier alpha value is -1.80. The minimum absolute atomic E-state index is 0.233. The SMILES string of the molecule is COC(=O)C1Cc2ccc(Br)cc2CN1Cc1nnnn1C. The van der Waals surface area contributed by atoms with Gasteiger partial charge < -0.3 is 4.74 Å². The Balaban J connectivity index is 1.91. The number of hydrogen-bond acceptors (Lipinski definition) is 6. The van der Waals surface area contributed by atoms with E-state index < -0.39 is 0 Å². The van der Waals surface area contributed by atoms with Crippen molar-refractivity contribution in [2.75, 3.05) is 7.11 Å². The molecule has 0 bridgehead atoms. The first kappa shape index (κ1) is 15.1. The lowest BCUT2D eigenvalue weighted by Crippen LogP contribution is -2.46. The number of ether oxygens (including phenoxy) is 1. The lowest BCUT2D eigenvalue weighted by atomic mass is 9.94. The van der Waals surface area contributed by atoms with Gasteiger partial charge in [0.05, 0.1) is 13.7 Å². The Morgan fingerprint density at radius 3 is 2.95 bits per heavy atom. The highest BCUT2D eigenvalue weighted by molar-refractivity contribution is 9.10. The maximum atomic E-state index is 12.1. The van der Waals surface area contributed by atoms with Crippen LogP contribution in [0.25, 0.3) is 0 Å². The lowest BCUT2D eigenvalue weighted by Gasteiger charge is -2.34. The molecule has 2 heterocycles. The minimum atomic E-state index is -0.324. The van der Waals surface area contributed by atoms with E-state index in [4.69, 9.17) is 4.74 Å². The molecule has 0 N–H and O–H groups in total. The normalized spacial score (nSPS) is 18.0. The van der Waals surface area contributed by atoms with Crippen molar-refractivity contribution in [2.45, 2.75) is 25.6 Å². The number of halogens is 1. The van der Waals surface area contributed by atoms with E-state index in [0.717, 1.165) is 4.47 Å². The Labute approximate surface area is 136 Å². The maximum absolute atomic E-state index is 12.1. The molecule has 1 unspecified atom stereocenters. The summed E-state index contributed by atoms with van der Waals surface area (Å²) < 4.78 is 7.61. The smallest absolute Gasteiger partial charge is 0.323 e. The van der Waals surface area contributed by atoms with Gasteiger partial charge in [-0.25, -0.2) is 4.68 Å². The van der Waals surface area contributed by atoms with Crippen molar-refractivity contribution in [1.82, 2.24) is 25.1 Å². The molecule has 1 aliphatic heterocycles. The van der Waals surface area contributed by atoms with E-state index in [0.29, 0.717) is 25.3 Å². The molecule has 1 aromatic heterocycles. The molecule has 22 heavy (non-hydrogen) atoms. The molecular formula is C14H16BrN5O2. The molecule has 3 rings (SSSR count). The minimum Gasteiger partial charge on any atom is -0.468 e.